The monoisotopic (exact) mass is 428 g/mol. The van der Waals surface area contributed by atoms with Gasteiger partial charge in [-0.15, -0.1) is 0 Å². The van der Waals surface area contributed by atoms with E-state index in [0.717, 1.165) is 5.69 Å². The number of thioether (sulfide) groups is 1. The topological polar surface area (TPSA) is 106 Å². The highest BCUT2D eigenvalue weighted by atomic mass is 32.2. The molecule has 9 heteroatoms. The molecule has 0 saturated carbocycles. The van der Waals surface area contributed by atoms with Crippen molar-refractivity contribution in [3.8, 4) is 0 Å². The van der Waals surface area contributed by atoms with E-state index in [4.69, 9.17) is 0 Å². The largest absolute Gasteiger partial charge is 0.465 e. The molecule has 2 aromatic heterocycles. The molecule has 158 valence electrons. The van der Waals surface area contributed by atoms with E-state index in [0.29, 0.717) is 34.0 Å². The molecule has 3 rings (SSSR count). The third-order valence-corrected chi connectivity index (χ3v) is 5.28. The summed E-state index contributed by atoms with van der Waals surface area (Å²) in [5.74, 6) is -0.327. The number of aromatic amines is 1. The third-order valence-electron chi connectivity index (χ3n) is 4.31. The van der Waals surface area contributed by atoms with Crippen molar-refractivity contribution >= 4 is 40.4 Å². The Morgan fingerprint density at radius 2 is 1.97 bits per heavy atom. The van der Waals surface area contributed by atoms with E-state index in [1.807, 2.05) is 26.8 Å². The minimum atomic E-state index is -0.437. The van der Waals surface area contributed by atoms with Gasteiger partial charge in [-0.3, -0.25) is 14.2 Å². The minimum Gasteiger partial charge on any atom is -0.465 e. The first kappa shape index (κ1) is 21.6. The van der Waals surface area contributed by atoms with Crippen molar-refractivity contribution in [2.75, 3.05) is 18.2 Å². The molecule has 30 heavy (non-hydrogen) atoms. The highest BCUT2D eigenvalue weighted by Crippen LogP contribution is 2.20. The van der Waals surface area contributed by atoms with E-state index in [9.17, 15) is 14.4 Å². The number of nitrogens with one attached hydrogen (secondary N) is 2. The number of amides is 1. The molecule has 3 aromatic rings. The van der Waals surface area contributed by atoms with Gasteiger partial charge >= 0.3 is 5.97 Å². The van der Waals surface area contributed by atoms with Crippen LogP contribution in [0, 0.1) is 12.8 Å². The lowest BCUT2D eigenvalue weighted by Crippen LogP contribution is -2.26. The Morgan fingerprint density at radius 1 is 1.27 bits per heavy atom. The van der Waals surface area contributed by atoms with E-state index < -0.39 is 5.97 Å². The van der Waals surface area contributed by atoms with Gasteiger partial charge in [-0.25, -0.2) is 9.78 Å². The van der Waals surface area contributed by atoms with Crippen molar-refractivity contribution in [3.63, 3.8) is 0 Å². The number of esters is 1. The number of fused-ring (bicyclic) bond motifs is 1. The fraction of sp³-hybridized carbons (Fsp3) is 0.333. The first-order chi connectivity index (χ1) is 14.3. The molecule has 0 radical (unpaired) electrons. The number of carbonyl (C=O) groups excluding carboxylic acids is 2. The molecule has 0 unspecified atom stereocenters. The molecule has 0 fully saturated rings. The first-order valence-corrected chi connectivity index (χ1v) is 10.5. The molecule has 0 aliphatic heterocycles. The summed E-state index contributed by atoms with van der Waals surface area (Å²) in [6.07, 6.45) is 0. The van der Waals surface area contributed by atoms with Crippen molar-refractivity contribution in [1.82, 2.24) is 14.5 Å². The number of aromatic nitrogens is 3. The van der Waals surface area contributed by atoms with Crippen molar-refractivity contribution in [3.05, 3.63) is 51.9 Å². The minimum absolute atomic E-state index is 0.0954. The van der Waals surface area contributed by atoms with E-state index in [2.05, 4.69) is 20.0 Å². The van der Waals surface area contributed by atoms with Crippen LogP contribution in [0.2, 0.25) is 0 Å². The maximum Gasteiger partial charge on any atom is 0.337 e. The predicted molar refractivity (Wildman–Crippen MR) is 117 cm³/mol. The molecular formula is C21H24N4O4S. The second kappa shape index (κ2) is 9.17. The van der Waals surface area contributed by atoms with Crippen LogP contribution in [0.5, 0.6) is 0 Å². The number of aryl methyl sites for hydroxylation is 1. The molecule has 0 bridgehead atoms. The average Bonchev–Trinajstić information content (AvgIpc) is 3.09. The Kier molecular flexibility index (Phi) is 6.61. The van der Waals surface area contributed by atoms with Crippen LogP contribution in [0.1, 0.15) is 29.9 Å². The van der Waals surface area contributed by atoms with Crippen LogP contribution in [0.3, 0.4) is 0 Å². The fourth-order valence-electron chi connectivity index (χ4n) is 2.98. The van der Waals surface area contributed by atoms with Crippen molar-refractivity contribution < 1.29 is 14.3 Å². The average molecular weight is 429 g/mol. The van der Waals surface area contributed by atoms with Crippen LogP contribution in [0.15, 0.2) is 40.3 Å². The van der Waals surface area contributed by atoms with Gasteiger partial charge in [-0.2, -0.15) is 0 Å². The molecule has 8 nitrogen and oxygen atoms in total. The van der Waals surface area contributed by atoms with Gasteiger partial charge in [0.15, 0.2) is 5.16 Å². The van der Waals surface area contributed by atoms with Crippen LogP contribution in [0.4, 0.5) is 5.69 Å². The van der Waals surface area contributed by atoms with Gasteiger partial charge in [0.1, 0.15) is 5.52 Å². The van der Waals surface area contributed by atoms with Crippen LogP contribution >= 0.6 is 11.8 Å². The summed E-state index contributed by atoms with van der Waals surface area (Å²) in [5, 5.41) is 3.29. The molecule has 0 spiro atoms. The van der Waals surface area contributed by atoms with Gasteiger partial charge in [-0.05, 0) is 43.2 Å². The Bertz CT molecular complexity index is 1130. The lowest BCUT2D eigenvalue weighted by molar-refractivity contribution is -0.113. The zero-order valence-corrected chi connectivity index (χ0v) is 18.1. The summed E-state index contributed by atoms with van der Waals surface area (Å²) >= 11 is 1.22. The molecule has 1 amide bonds. The number of benzene rings is 1. The summed E-state index contributed by atoms with van der Waals surface area (Å²) in [6, 6.07) is 8.26. The number of H-pyrrole nitrogens is 1. The summed E-state index contributed by atoms with van der Waals surface area (Å²) in [5.41, 5.74) is 2.77. The molecule has 0 aliphatic carbocycles. The Balaban J connectivity index is 1.75. The van der Waals surface area contributed by atoms with Gasteiger partial charge in [-0.1, -0.05) is 25.6 Å². The van der Waals surface area contributed by atoms with Crippen LogP contribution in [-0.4, -0.2) is 39.3 Å². The number of hydrogen-bond acceptors (Lipinski definition) is 6. The molecule has 2 heterocycles. The number of anilines is 1. The number of hydrogen-bond donors (Lipinski definition) is 2. The molecule has 2 N–H and O–H groups in total. The van der Waals surface area contributed by atoms with E-state index >= 15 is 0 Å². The van der Waals surface area contributed by atoms with Crippen molar-refractivity contribution in [1.29, 1.82) is 0 Å². The molecular weight excluding hydrogens is 404 g/mol. The fourth-order valence-corrected chi connectivity index (χ4v) is 3.79. The predicted octanol–water partition coefficient (Wildman–Crippen LogP) is 3.21. The van der Waals surface area contributed by atoms with Crippen LogP contribution in [0.25, 0.3) is 11.0 Å². The second-order valence-electron chi connectivity index (χ2n) is 7.32. The lowest BCUT2D eigenvalue weighted by Gasteiger charge is -2.14. The molecule has 0 saturated heterocycles. The number of nitrogens with zero attached hydrogens (tertiary/aromatic N) is 2. The van der Waals surface area contributed by atoms with Crippen molar-refractivity contribution in [2.24, 2.45) is 5.92 Å². The van der Waals surface area contributed by atoms with Gasteiger partial charge in [0.25, 0.3) is 5.56 Å². The molecule has 0 aliphatic rings. The third kappa shape index (κ3) is 4.91. The zero-order valence-electron chi connectivity index (χ0n) is 17.3. The quantitative estimate of drug-likeness (QED) is 0.340. The first-order valence-electron chi connectivity index (χ1n) is 9.49. The summed E-state index contributed by atoms with van der Waals surface area (Å²) < 4.78 is 6.28. The Morgan fingerprint density at radius 3 is 2.60 bits per heavy atom. The maximum absolute atomic E-state index is 12.9. The number of carbonyl (C=O) groups is 2. The second-order valence-corrected chi connectivity index (χ2v) is 8.26. The van der Waals surface area contributed by atoms with Gasteiger partial charge < -0.3 is 15.0 Å². The SMILES string of the molecule is COC(=O)c1ccc(NC(=O)CSc2nc3cc(C)[nH]c3c(=O)n2CC(C)C)cc1. The summed E-state index contributed by atoms with van der Waals surface area (Å²) in [6.45, 7) is 6.43. The van der Waals surface area contributed by atoms with Crippen LogP contribution < -0.4 is 10.9 Å². The smallest absolute Gasteiger partial charge is 0.337 e. The van der Waals surface area contributed by atoms with E-state index in [1.165, 1.54) is 18.9 Å². The number of methoxy groups -OCH3 is 1. The highest BCUT2D eigenvalue weighted by molar-refractivity contribution is 7.99. The molecule has 1 aromatic carbocycles. The van der Waals surface area contributed by atoms with E-state index in [1.54, 1.807) is 28.8 Å². The van der Waals surface area contributed by atoms with Gasteiger partial charge in [0, 0.05) is 17.9 Å². The Labute approximate surface area is 178 Å². The van der Waals surface area contributed by atoms with Gasteiger partial charge in [0.05, 0.1) is 23.9 Å². The highest BCUT2D eigenvalue weighted by Gasteiger charge is 2.16. The standard InChI is InChI=1S/C21H24N4O4S/c1-12(2)10-25-19(27)18-16(9-13(3)22-18)24-21(25)30-11-17(26)23-15-7-5-14(6-8-15)20(28)29-4/h5-9,12,22H,10-11H2,1-4H3,(H,23,26). The van der Waals surface area contributed by atoms with Gasteiger partial charge in [0.2, 0.25) is 5.91 Å². The zero-order chi connectivity index (χ0) is 21.8. The Hall–Kier alpha value is -3.07. The molecule has 0 atom stereocenters. The normalized spacial score (nSPS) is 11.1. The van der Waals surface area contributed by atoms with Crippen LogP contribution in [-0.2, 0) is 16.1 Å². The summed E-state index contributed by atoms with van der Waals surface area (Å²) in [4.78, 5) is 44.4. The van der Waals surface area contributed by atoms with Crippen molar-refractivity contribution in [2.45, 2.75) is 32.5 Å². The number of rotatable bonds is 7. The van der Waals surface area contributed by atoms with E-state index in [-0.39, 0.29) is 23.1 Å². The maximum atomic E-state index is 12.9. The lowest BCUT2D eigenvalue weighted by atomic mass is 10.2. The summed E-state index contributed by atoms with van der Waals surface area (Å²) in [7, 11) is 1.31. The number of ether oxygens (including phenoxy) is 1.